The van der Waals surface area contributed by atoms with Crippen LogP contribution in [-0.2, 0) is 76.3 Å². The average Bonchev–Trinajstić information content (AvgIpc) is 1.44. The third-order valence-electron chi connectivity index (χ3n) is 31.1. The number of halogens is 7. The van der Waals surface area contributed by atoms with Gasteiger partial charge in [-0.05, 0) is 299 Å². The van der Waals surface area contributed by atoms with Crippen molar-refractivity contribution in [3.05, 3.63) is 81.3 Å². The van der Waals surface area contributed by atoms with Crippen LogP contribution in [0.4, 0.5) is 0 Å². The molecule has 0 spiro atoms. The number of hydrogen-bond donors (Lipinski definition) is 0. The minimum Gasteiger partial charge on any atom is -0.461 e. The average molecular weight is 1660 g/mol. The zero-order valence-electron chi connectivity index (χ0n) is 64.3. The molecule has 0 aromatic heterocycles. The van der Waals surface area contributed by atoms with Gasteiger partial charge in [-0.1, -0.05) is 154 Å². The summed E-state index contributed by atoms with van der Waals surface area (Å²) in [5.74, 6) is 10.3. The third-order valence-corrected chi connectivity index (χ3v) is 32.2. The lowest BCUT2D eigenvalue weighted by atomic mass is 9.50. The molecule has 1 heterocycles. The van der Waals surface area contributed by atoms with E-state index < -0.39 is 41.8 Å². The Bertz CT molecular complexity index is 3580. The second kappa shape index (κ2) is 33.9. The molecule has 21 aliphatic carbocycles. The fourth-order valence-corrected chi connectivity index (χ4v) is 27.4. The number of esters is 8. The molecule has 1 aliphatic heterocycles. The maximum atomic E-state index is 11.6. The first-order valence-electron chi connectivity index (χ1n) is 41.0. The van der Waals surface area contributed by atoms with Crippen molar-refractivity contribution in [2.24, 2.45) is 135 Å². The van der Waals surface area contributed by atoms with Crippen LogP contribution in [0.15, 0.2) is 81.3 Å². The van der Waals surface area contributed by atoms with Gasteiger partial charge in [0.2, 0.25) is 0 Å². The predicted octanol–water partition coefficient (Wildman–Crippen LogP) is 20.2. The van der Waals surface area contributed by atoms with Gasteiger partial charge in [0.05, 0.1) is 12.5 Å². The fraction of sp³-hybridized carbons (Fsp3) is 0.747. The lowest BCUT2D eigenvalue weighted by molar-refractivity contribution is -0.181. The van der Waals surface area contributed by atoms with Crippen LogP contribution in [0, 0.1) is 135 Å². The summed E-state index contributed by atoms with van der Waals surface area (Å²) in [5, 5.41) is -0.152. The van der Waals surface area contributed by atoms with Crippen molar-refractivity contribution in [2.75, 3.05) is 6.61 Å². The van der Waals surface area contributed by atoms with Gasteiger partial charge in [-0.15, -0.1) is 0 Å². The second-order valence-corrected chi connectivity index (χ2v) is 41.3. The molecule has 22 rings (SSSR count). The Kier molecular flexibility index (Phi) is 25.9. The Labute approximate surface area is 685 Å². The quantitative estimate of drug-likeness (QED) is 0.0848. The molecule has 0 aromatic rings. The molecular formula is C87H113Cl7O16. The van der Waals surface area contributed by atoms with E-state index in [1.165, 1.54) is 141 Å². The maximum Gasteiger partial charge on any atom is 0.349 e. The number of fused-ring (bicyclic) bond motifs is 10. The summed E-state index contributed by atoms with van der Waals surface area (Å²) in [6.07, 6.45) is 37.6. The number of ether oxygens (including phenoxy) is 8. The lowest BCUT2D eigenvalue weighted by Gasteiger charge is -2.56. The van der Waals surface area contributed by atoms with Crippen molar-refractivity contribution in [3.63, 3.8) is 0 Å². The molecule has 16 nitrogen and oxygen atoms in total. The third kappa shape index (κ3) is 18.1. The smallest absolute Gasteiger partial charge is 0.349 e. The van der Waals surface area contributed by atoms with Crippen molar-refractivity contribution < 1.29 is 76.3 Å². The molecule has 21 saturated carbocycles. The van der Waals surface area contributed by atoms with Crippen molar-refractivity contribution in [3.8, 4) is 0 Å². The van der Waals surface area contributed by atoms with E-state index in [1.807, 2.05) is 0 Å². The van der Waals surface area contributed by atoms with Gasteiger partial charge >= 0.3 is 47.8 Å². The first kappa shape index (κ1) is 83.9. The second-order valence-electron chi connectivity index (χ2n) is 38.1. The number of carbonyl (C=O) groups excluding carboxylic acids is 8. The summed E-state index contributed by atoms with van der Waals surface area (Å²) in [5.41, 5.74) is 0.436. The molecule has 0 aromatic carbocycles. The van der Waals surface area contributed by atoms with Crippen molar-refractivity contribution in [1.29, 1.82) is 0 Å². The number of carbonyl (C=O) groups is 8. The Hall–Kier alpha value is -4.03. The maximum absolute atomic E-state index is 11.6. The Morgan fingerprint density at radius 2 is 0.836 bits per heavy atom. The van der Waals surface area contributed by atoms with Crippen LogP contribution in [0.25, 0.3) is 0 Å². The summed E-state index contributed by atoms with van der Waals surface area (Å²) in [4.78, 5) is 91.2. The van der Waals surface area contributed by atoms with Gasteiger partial charge in [-0.2, -0.15) is 0 Å². The molecule has 110 heavy (non-hydrogen) atoms. The molecule has 0 amide bonds. The molecule has 606 valence electrons. The highest BCUT2D eigenvalue weighted by Crippen LogP contribution is 2.67. The van der Waals surface area contributed by atoms with E-state index in [-0.39, 0.29) is 117 Å². The summed E-state index contributed by atoms with van der Waals surface area (Å²) in [6, 6.07) is 0. The summed E-state index contributed by atoms with van der Waals surface area (Å²) in [6.45, 7) is 31.1. The van der Waals surface area contributed by atoms with Crippen molar-refractivity contribution in [1.82, 2.24) is 0 Å². The fourth-order valence-electron chi connectivity index (χ4n) is 27.1. The molecule has 16 unspecified atom stereocenters. The molecule has 16 atom stereocenters. The van der Waals surface area contributed by atoms with Crippen LogP contribution >= 0.6 is 81.2 Å². The normalized spacial score (nSPS) is 42.3. The van der Waals surface area contributed by atoms with E-state index in [9.17, 15) is 38.4 Å². The van der Waals surface area contributed by atoms with Gasteiger partial charge < -0.3 is 37.9 Å². The topological polar surface area (TPSA) is 210 Å². The Balaban J connectivity index is 0.000000113. The monoisotopic (exact) mass is 1660 g/mol. The van der Waals surface area contributed by atoms with Gasteiger partial charge in [0, 0.05) is 22.7 Å². The largest absolute Gasteiger partial charge is 0.461 e. The highest BCUT2D eigenvalue weighted by atomic mass is 35.5. The Morgan fingerprint density at radius 1 is 0.391 bits per heavy atom. The molecule has 23 heteroatoms. The van der Waals surface area contributed by atoms with Gasteiger partial charge in [0.25, 0.3) is 0 Å². The molecule has 1 saturated heterocycles. The molecule has 20 bridgehead atoms. The molecule has 22 aliphatic rings. The molecule has 0 N–H and O–H groups in total. The van der Waals surface area contributed by atoms with E-state index in [2.05, 4.69) is 66.8 Å². The van der Waals surface area contributed by atoms with Crippen LogP contribution in [-0.4, -0.2) is 96.6 Å². The van der Waals surface area contributed by atoms with Crippen LogP contribution in [0.1, 0.15) is 220 Å². The molecule has 0 radical (unpaired) electrons. The first-order valence-corrected chi connectivity index (χ1v) is 43.7. The van der Waals surface area contributed by atoms with E-state index in [4.69, 9.17) is 119 Å². The highest BCUT2D eigenvalue weighted by molar-refractivity contribution is 6.43. The van der Waals surface area contributed by atoms with E-state index >= 15 is 0 Å². The SMILES string of the molecule is C=C(Cl)C(=O)OC12CC3CC(CC(C3)C1)C2.C=C(Cl)C(=O)OC1C2CC3C(=O)OC1C3C2.C=C(Cl)C(=O)OC1C2CC3CC(C2)CC1C3.C=C(Cl)C(=O)OC1CC2CC1C1CCCC21.C=C(Cl)C(=O)OC1CC2CCC1(C)C2(C)C.C=C(Cl)C(=O)OC1CC2CCC1C2.C=C(Cl)C(=O)OCC12CC3CC(CC(C3)C1)C2. The van der Waals surface area contributed by atoms with E-state index in [0.29, 0.717) is 36.2 Å². The van der Waals surface area contributed by atoms with Crippen molar-refractivity contribution in [2.45, 2.75) is 262 Å². The summed E-state index contributed by atoms with van der Waals surface area (Å²) in [7, 11) is 0. The Morgan fingerprint density at radius 3 is 1.31 bits per heavy atom. The summed E-state index contributed by atoms with van der Waals surface area (Å²) >= 11 is 38.7. The van der Waals surface area contributed by atoms with Crippen LogP contribution in [0.3, 0.4) is 0 Å². The van der Waals surface area contributed by atoms with Crippen LogP contribution in [0.5, 0.6) is 0 Å². The zero-order valence-corrected chi connectivity index (χ0v) is 69.6. The highest BCUT2D eigenvalue weighted by Gasteiger charge is 2.65. The lowest BCUT2D eigenvalue weighted by Crippen LogP contribution is -2.52. The number of rotatable bonds is 15. The standard InChI is InChI=1S/C14H19ClO2.3C13H17ClO2.C13H19ClO2.C11H11ClO4.C10H13ClO2/c1-9(15)13(16)17-8-14-5-10-2-11(6-14)4-12(3-10)7-14;1-8(14)12(15)16-13-5-9-2-10(6-13)4-11(3-9)7-13;1-7(14)13(15)16-12-10-3-8-2-9(5-10)6-11(12)4-8;1-7(14)13(15)16-12-6-8-5-11(12)10-4-2-3-9(8)10;1-8(14)11(15)16-10-7-9-5-6-13(10,4)12(9,2)3;1-4(12)10(13)15-8-5-2-6-7(3-5)11(14)16-9(6)8;1-6(11)10(12)13-9-5-7-2-3-8(9)4-7/h10-12H,1-8H2;9-11H,1-7H2;2*8-12H,1-6H2;9-10H,1,5-7H2,2-4H3;5-9H,1-3H2;7-9H,1-5H2. The van der Waals surface area contributed by atoms with Gasteiger partial charge in [-0.25, -0.2) is 33.6 Å². The van der Waals surface area contributed by atoms with Crippen molar-refractivity contribution >= 4 is 129 Å². The van der Waals surface area contributed by atoms with Crippen LogP contribution in [0.2, 0.25) is 0 Å². The van der Waals surface area contributed by atoms with Gasteiger partial charge in [-0.3, -0.25) is 4.79 Å². The first-order chi connectivity index (χ1) is 51.9. The van der Waals surface area contributed by atoms with E-state index in [1.54, 1.807) is 0 Å². The predicted molar refractivity (Wildman–Crippen MR) is 421 cm³/mol. The molecule has 22 fully saturated rings. The summed E-state index contributed by atoms with van der Waals surface area (Å²) < 4.78 is 43.1. The van der Waals surface area contributed by atoms with E-state index in [0.717, 1.165) is 129 Å². The van der Waals surface area contributed by atoms with Crippen LogP contribution < -0.4 is 0 Å². The number of hydrogen-bond acceptors (Lipinski definition) is 16. The molecular weight excluding hydrogens is 1550 g/mol. The minimum atomic E-state index is -0.612. The van der Waals surface area contributed by atoms with Gasteiger partial charge in [0.1, 0.15) is 77.5 Å². The zero-order chi connectivity index (χ0) is 79.0. The minimum absolute atomic E-state index is 0.00394. The van der Waals surface area contributed by atoms with Gasteiger partial charge in [0.15, 0.2) is 0 Å².